The molecule has 1 saturated heterocycles. The average Bonchev–Trinajstić information content (AvgIpc) is 3.30. The highest BCUT2D eigenvalue weighted by atomic mass is 15.3. The van der Waals surface area contributed by atoms with Crippen molar-refractivity contribution < 1.29 is 0 Å². The van der Waals surface area contributed by atoms with Gasteiger partial charge in [0.05, 0.1) is 11.4 Å². The van der Waals surface area contributed by atoms with Gasteiger partial charge < -0.3 is 10.2 Å². The predicted octanol–water partition coefficient (Wildman–Crippen LogP) is 3.12. The van der Waals surface area contributed by atoms with Crippen LogP contribution >= 0.6 is 0 Å². The first kappa shape index (κ1) is 16.9. The molecule has 0 amide bonds. The van der Waals surface area contributed by atoms with Crippen molar-refractivity contribution in [1.29, 1.82) is 0 Å². The average molecular weight is 347 g/mol. The molecular formula is C21H25N5. The Bertz CT molecular complexity index is 828. The van der Waals surface area contributed by atoms with Crippen molar-refractivity contribution in [1.82, 2.24) is 25.0 Å². The Morgan fingerprint density at radius 2 is 2.04 bits per heavy atom. The highest BCUT2D eigenvalue weighted by Gasteiger charge is 2.20. The van der Waals surface area contributed by atoms with Crippen LogP contribution in [0.1, 0.15) is 18.4 Å². The third-order valence-corrected chi connectivity index (χ3v) is 5.11. The van der Waals surface area contributed by atoms with E-state index in [0.717, 1.165) is 30.0 Å². The van der Waals surface area contributed by atoms with E-state index in [1.54, 1.807) is 6.20 Å². The second-order valence-electron chi connectivity index (χ2n) is 6.93. The summed E-state index contributed by atoms with van der Waals surface area (Å²) in [6.07, 6.45) is 8.39. The van der Waals surface area contributed by atoms with Gasteiger partial charge in [-0.15, -0.1) is 0 Å². The number of likely N-dealkylation sites (tertiary alicyclic amines) is 1. The van der Waals surface area contributed by atoms with Gasteiger partial charge in [0.2, 0.25) is 0 Å². The molecule has 1 aliphatic rings. The fraction of sp³-hybridized carbons (Fsp3) is 0.333. The Kier molecular flexibility index (Phi) is 5.09. The standard InChI is InChI=1S/C21H25N5/c1-25-12-6-10-20(25)15-23-14-18-16-26(19-8-3-2-4-9-19)24-21(18)17-7-5-11-22-13-17/h2-5,7-9,11,13,16,20,23H,6,10,12,14-15H2,1H3. The first-order chi connectivity index (χ1) is 12.8. The van der Waals surface area contributed by atoms with E-state index in [-0.39, 0.29) is 0 Å². The molecule has 26 heavy (non-hydrogen) atoms. The van der Waals surface area contributed by atoms with Crippen molar-refractivity contribution in [3.8, 4) is 16.9 Å². The smallest absolute Gasteiger partial charge is 0.0988 e. The molecular weight excluding hydrogens is 322 g/mol. The van der Waals surface area contributed by atoms with E-state index in [9.17, 15) is 0 Å². The second-order valence-corrected chi connectivity index (χ2v) is 6.93. The molecule has 0 aliphatic carbocycles. The monoisotopic (exact) mass is 347 g/mol. The molecule has 0 bridgehead atoms. The summed E-state index contributed by atoms with van der Waals surface area (Å²) in [4.78, 5) is 6.71. The van der Waals surface area contributed by atoms with Crippen molar-refractivity contribution in [2.45, 2.75) is 25.4 Å². The minimum atomic E-state index is 0.640. The molecule has 2 aromatic heterocycles. The fourth-order valence-corrected chi connectivity index (χ4v) is 3.61. The molecule has 1 fully saturated rings. The second kappa shape index (κ2) is 7.81. The number of benzene rings is 1. The Hall–Kier alpha value is -2.50. The van der Waals surface area contributed by atoms with Crippen LogP contribution in [0, 0.1) is 0 Å². The predicted molar refractivity (Wildman–Crippen MR) is 104 cm³/mol. The van der Waals surface area contributed by atoms with Gasteiger partial charge in [0.15, 0.2) is 0 Å². The Labute approximate surface area is 154 Å². The summed E-state index contributed by atoms with van der Waals surface area (Å²) in [5, 5.41) is 8.48. The summed E-state index contributed by atoms with van der Waals surface area (Å²) in [7, 11) is 2.22. The maximum atomic E-state index is 4.84. The van der Waals surface area contributed by atoms with E-state index in [0.29, 0.717) is 6.04 Å². The molecule has 0 spiro atoms. The van der Waals surface area contributed by atoms with E-state index >= 15 is 0 Å². The van der Waals surface area contributed by atoms with Crippen LogP contribution in [0.2, 0.25) is 0 Å². The molecule has 1 atom stereocenters. The summed E-state index contributed by atoms with van der Waals surface area (Å²) < 4.78 is 1.96. The van der Waals surface area contributed by atoms with Gasteiger partial charge in [-0.3, -0.25) is 4.98 Å². The molecule has 0 radical (unpaired) electrons. The topological polar surface area (TPSA) is 46.0 Å². The first-order valence-corrected chi connectivity index (χ1v) is 9.26. The van der Waals surface area contributed by atoms with Gasteiger partial charge >= 0.3 is 0 Å². The van der Waals surface area contributed by atoms with E-state index in [1.165, 1.54) is 24.9 Å². The van der Waals surface area contributed by atoms with Crippen molar-refractivity contribution in [3.05, 3.63) is 66.6 Å². The van der Waals surface area contributed by atoms with E-state index in [4.69, 9.17) is 5.10 Å². The lowest BCUT2D eigenvalue weighted by Gasteiger charge is -2.19. The van der Waals surface area contributed by atoms with Gasteiger partial charge in [-0.25, -0.2) is 4.68 Å². The van der Waals surface area contributed by atoms with Crippen LogP contribution in [0.5, 0.6) is 0 Å². The number of aromatic nitrogens is 3. The summed E-state index contributed by atoms with van der Waals surface area (Å²) in [5.41, 5.74) is 4.31. The van der Waals surface area contributed by atoms with E-state index in [2.05, 4.69) is 46.6 Å². The molecule has 134 valence electrons. The molecule has 1 aromatic carbocycles. The summed E-state index contributed by atoms with van der Waals surface area (Å²) >= 11 is 0. The Balaban J connectivity index is 1.56. The van der Waals surface area contributed by atoms with Crippen LogP contribution in [0.15, 0.2) is 61.1 Å². The first-order valence-electron chi connectivity index (χ1n) is 9.26. The molecule has 3 aromatic rings. The van der Waals surface area contributed by atoms with Crippen molar-refractivity contribution >= 4 is 0 Å². The van der Waals surface area contributed by atoms with Crippen LogP contribution in [-0.2, 0) is 6.54 Å². The SMILES string of the molecule is CN1CCCC1CNCc1cn(-c2ccccc2)nc1-c1cccnc1. The minimum absolute atomic E-state index is 0.640. The highest BCUT2D eigenvalue weighted by molar-refractivity contribution is 5.62. The number of likely N-dealkylation sites (N-methyl/N-ethyl adjacent to an activating group) is 1. The van der Waals surface area contributed by atoms with Crippen LogP contribution in [0.4, 0.5) is 0 Å². The van der Waals surface area contributed by atoms with Crippen LogP contribution in [0.25, 0.3) is 16.9 Å². The number of nitrogens with zero attached hydrogens (tertiary/aromatic N) is 4. The van der Waals surface area contributed by atoms with E-state index < -0.39 is 0 Å². The fourth-order valence-electron chi connectivity index (χ4n) is 3.61. The number of pyridine rings is 1. The third-order valence-electron chi connectivity index (χ3n) is 5.11. The quantitative estimate of drug-likeness (QED) is 0.744. The zero-order chi connectivity index (χ0) is 17.8. The molecule has 3 heterocycles. The maximum Gasteiger partial charge on any atom is 0.0988 e. The van der Waals surface area contributed by atoms with Gasteiger partial charge in [-0.1, -0.05) is 18.2 Å². The zero-order valence-corrected chi connectivity index (χ0v) is 15.2. The lowest BCUT2D eigenvalue weighted by atomic mass is 10.1. The van der Waals surface area contributed by atoms with Crippen molar-refractivity contribution in [2.75, 3.05) is 20.1 Å². The van der Waals surface area contributed by atoms with Crippen molar-refractivity contribution in [3.63, 3.8) is 0 Å². The number of hydrogen-bond acceptors (Lipinski definition) is 4. The lowest BCUT2D eigenvalue weighted by molar-refractivity contribution is 0.300. The van der Waals surface area contributed by atoms with Gasteiger partial charge in [0.1, 0.15) is 0 Å². The molecule has 1 N–H and O–H groups in total. The summed E-state index contributed by atoms with van der Waals surface area (Å²) in [5.74, 6) is 0. The molecule has 5 heteroatoms. The number of nitrogens with one attached hydrogen (secondary N) is 1. The van der Waals surface area contributed by atoms with Gasteiger partial charge in [0.25, 0.3) is 0 Å². The maximum absolute atomic E-state index is 4.84. The number of hydrogen-bond donors (Lipinski definition) is 1. The van der Waals surface area contributed by atoms with Crippen molar-refractivity contribution in [2.24, 2.45) is 0 Å². The molecule has 4 rings (SSSR count). The van der Waals surface area contributed by atoms with Gasteiger partial charge in [0, 0.05) is 48.8 Å². The summed E-state index contributed by atoms with van der Waals surface area (Å²) in [6.45, 7) is 3.03. The molecule has 5 nitrogen and oxygen atoms in total. The minimum Gasteiger partial charge on any atom is -0.311 e. The Morgan fingerprint density at radius 1 is 1.15 bits per heavy atom. The van der Waals surface area contributed by atoms with Gasteiger partial charge in [-0.05, 0) is 50.7 Å². The summed E-state index contributed by atoms with van der Waals surface area (Å²) in [6, 6.07) is 14.9. The van der Waals surface area contributed by atoms with E-state index in [1.807, 2.05) is 35.1 Å². The molecule has 0 saturated carbocycles. The highest BCUT2D eigenvalue weighted by Crippen LogP contribution is 2.23. The number of para-hydroxylation sites is 1. The molecule has 1 unspecified atom stereocenters. The number of rotatable bonds is 6. The lowest BCUT2D eigenvalue weighted by Crippen LogP contribution is -2.35. The van der Waals surface area contributed by atoms with Gasteiger partial charge in [-0.2, -0.15) is 5.10 Å². The molecule has 1 aliphatic heterocycles. The largest absolute Gasteiger partial charge is 0.311 e. The van der Waals surface area contributed by atoms with Crippen LogP contribution in [-0.4, -0.2) is 45.8 Å². The van der Waals surface area contributed by atoms with Crippen LogP contribution < -0.4 is 5.32 Å². The Morgan fingerprint density at radius 3 is 2.77 bits per heavy atom. The van der Waals surface area contributed by atoms with Crippen LogP contribution in [0.3, 0.4) is 0 Å². The zero-order valence-electron chi connectivity index (χ0n) is 15.2. The third kappa shape index (κ3) is 3.69. The normalized spacial score (nSPS) is 17.7.